The quantitative estimate of drug-likeness (QED) is 0.590. The van der Waals surface area contributed by atoms with E-state index in [0.717, 1.165) is 15.3 Å². The smallest absolute Gasteiger partial charge is 0.235 e. The van der Waals surface area contributed by atoms with Crippen molar-refractivity contribution in [1.82, 2.24) is 19.3 Å². The number of amides is 1. The number of rotatable bonds is 5. The van der Waals surface area contributed by atoms with Crippen LogP contribution in [0.15, 0.2) is 42.7 Å². The Morgan fingerprint density at radius 1 is 1.32 bits per heavy atom. The lowest BCUT2D eigenvalue weighted by Crippen LogP contribution is -2.63. The Morgan fingerprint density at radius 3 is 2.74 bits per heavy atom. The highest BCUT2D eigenvalue weighted by Gasteiger charge is 2.59. The summed E-state index contributed by atoms with van der Waals surface area (Å²) in [6, 6.07) is 3.33. The van der Waals surface area contributed by atoms with Crippen molar-refractivity contribution in [3.8, 4) is 0 Å². The summed E-state index contributed by atoms with van der Waals surface area (Å²) in [7, 11) is 0. The third kappa shape index (κ3) is 2.80. The monoisotopic (exact) mass is 438 g/mol. The number of aliphatic hydroxyl groups excluding tert-OH is 2. The van der Waals surface area contributed by atoms with Crippen molar-refractivity contribution < 1.29 is 19.8 Å². The Bertz CT molecular complexity index is 1230. The van der Waals surface area contributed by atoms with Crippen LogP contribution in [0, 0.1) is 11.8 Å². The molecule has 1 amide bonds. The topological polar surface area (TPSA) is 108 Å². The van der Waals surface area contributed by atoms with E-state index in [2.05, 4.69) is 9.97 Å². The fraction of sp³-hybridized carbons (Fsp3) is 0.364. The highest BCUT2D eigenvalue weighted by Crippen LogP contribution is 2.51. The van der Waals surface area contributed by atoms with Crippen LogP contribution in [0.3, 0.4) is 0 Å². The van der Waals surface area contributed by atoms with Crippen molar-refractivity contribution in [2.45, 2.75) is 39.0 Å². The number of pyridine rings is 1. The standard InChI is InChI=1S/C22H22N4O4S/c1-10-15(19(12(3)28)26-18(10)16(11(2)27)21(26)30)14-8-25-9-24-17(22(25)31-14)20(29)13-5-4-6-23-7-13/h4-11,16,18,20,27,29H,1-3H3/t10-,11+,16+,18+,20?/m0/s1. The van der Waals surface area contributed by atoms with E-state index < -0.39 is 18.1 Å². The second-order valence-corrected chi connectivity index (χ2v) is 9.23. The highest BCUT2D eigenvalue weighted by molar-refractivity contribution is 7.18. The zero-order valence-electron chi connectivity index (χ0n) is 17.3. The predicted molar refractivity (Wildman–Crippen MR) is 114 cm³/mol. The van der Waals surface area contributed by atoms with E-state index in [1.165, 1.54) is 18.3 Å². The van der Waals surface area contributed by atoms with Gasteiger partial charge in [0.25, 0.3) is 0 Å². The molecule has 0 radical (unpaired) electrons. The number of fused-ring (bicyclic) bond motifs is 2. The van der Waals surface area contributed by atoms with E-state index >= 15 is 0 Å². The lowest BCUT2D eigenvalue weighted by Gasteiger charge is -2.46. The molecule has 2 aliphatic heterocycles. The Morgan fingerprint density at radius 2 is 2.10 bits per heavy atom. The van der Waals surface area contributed by atoms with Crippen LogP contribution in [-0.4, -0.2) is 53.3 Å². The van der Waals surface area contributed by atoms with Gasteiger partial charge in [0, 0.05) is 42.6 Å². The minimum Gasteiger partial charge on any atom is -0.393 e. The molecule has 3 aromatic heterocycles. The molecule has 9 heteroatoms. The van der Waals surface area contributed by atoms with Gasteiger partial charge in [-0.1, -0.05) is 13.0 Å². The molecule has 0 saturated carbocycles. The van der Waals surface area contributed by atoms with Gasteiger partial charge in [0.05, 0.1) is 28.6 Å². The summed E-state index contributed by atoms with van der Waals surface area (Å²) in [6.45, 7) is 5.07. The molecular weight excluding hydrogens is 416 g/mol. The number of carbonyl (C=O) groups is 2. The summed E-state index contributed by atoms with van der Waals surface area (Å²) in [5, 5.41) is 20.9. The lowest BCUT2D eigenvalue weighted by atomic mass is 9.77. The Labute approximate surface area is 182 Å². The van der Waals surface area contributed by atoms with Crippen LogP contribution in [0.25, 0.3) is 10.4 Å². The normalized spacial score (nSPS) is 25.0. The van der Waals surface area contributed by atoms with Crippen molar-refractivity contribution in [1.29, 1.82) is 0 Å². The van der Waals surface area contributed by atoms with Crippen molar-refractivity contribution >= 4 is 33.4 Å². The Balaban J connectivity index is 1.59. The fourth-order valence-corrected chi connectivity index (χ4v) is 6.10. The number of allylic oxidation sites excluding steroid dienone is 1. The fourth-order valence-electron chi connectivity index (χ4n) is 4.86. The van der Waals surface area contributed by atoms with E-state index in [-0.39, 0.29) is 23.7 Å². The number of aliphatic hydroxyl groups is 2. The number of hydrogen-bond donors (Lipinski definition) is 2. The van der Waals surface area contributed by atoms with Gasteiger partial charge in [0.15, 0.2) is 5.78 Å². The van der Waals surface area contributed by atoms with Crippen LogP contribution in [0.2, 0.25) is 0 Å². The number of β-lactam (4-membered cyclic amide) rings is 1. The van der Waals surface area contributed by atoms with Gasteiger partial charge in [-0.2, -0.15) is 0 Å². The van der Waals surface area contributed by atoms with E-state index in [1.807, 2.05) is 17.5 Å². The summed E-state index contributed by atoms with van der Waals surface area (Å²) < 4.78 is 1.83. The molecule has 31 heavy (non-hydrogen) atoms. The summed E-state index contributed by atoms with van der Waals surface area (Å²) in [5.74, 6) is -0.977. The first-order valence-electron chi connectivity index (χ1n) is 10.1. The predicted octanol–water partition coefficient (Wildman–Crippen LogP) is 2.03. The maximum atomic E-state index is 12.7. The number of carbonyl (C=O) groups excluding carboxylic acids is 2. The van der Waals surface area contributed by atoms with Gasteiger partial charge in [-0.05, 0) is 13.0 Å². The van der Waals surface area contributed by atoms with Gasteiger partial charge in [-0.25, -0.2) is 4.98 Å². The first-order valence-corrected chi connectivity index (χ1v) is 10.9. The van der Waals surface area contributed by atoms with Gasteiger partial charge in [0.2, 0.25) is 5.91 Å². The number of aromatic nitrogens is 3. The van der Waals surface area contributed by atoms with E-state index in [1.54, 1.807) is 42.7 Å². The molecule has 5 rings (SSSR count). The lowest BCUT2D eigenvalue weighted by molar-refractivity contribution is -0.160. The molecule has 0 aromatic carbocycles. The summed E-state index contributed by atoms with van der Waals surface area (Å²) in [4.78, 5) is 36.8. The van der Waals surface area contributed by atoms with Crippen LogP contribution in [0.4, 0.5) is 0 Å². The maximum absolute atomic E-state index is 12.7. The molecule has 0 aliphatic carbocycles. The van der Waals surface area contributed by atoms with E-state index in [9.17, 15) is 19.8 Å². The molecule has 1 unspecified atom stereocenters. The highest BCUT2D eigenvalue weighted by atomic mass is 32.1. The average Bonchev–Trinajstić information content (AvgIpc) is 3.37. The molecule has 5 atom stereocenters. The number of nitrogens with zero attached hydrogens (tertiary/aromatic N) is 4. The van der Waals surface area contributed by atoms with Crippen molar-refractivity contribution in [2.75, 3.05) is 0 Å². The average molecular weight is 439 g/mol. The second kappa shape index (κ2) is 7.08. The molecule has 8 nitrogen and oxygen atoms in total. The third-order valence-electron chi connectivity index (χ3n) is 6.27. The molecule has 2 N–H and O–H groups in total. The number of thiazole rings is 1. The molecule has 3 aromatic rings. The van der Waals surface area contributed by atoms with Gasteiger partial charge < -0.3 is 15.1 Å². The third-order valence-corrected chi connectivity index (χ3v) is 7.43. The van der Waals surface area contributed by atoms with Gasteiger partial charge in [-0.15, -0.1) is 11.3 Å². The van der Waals surface area contributed by atoms with E-state index in [0.29, 0.717) is 17.0 Å². The van der Waals surface area contributed by atoms with Crippen LogP contribution in [-0.2, 0) is 9.59 Å². The van der Waals surface area contributed by atoms with Crippen LogP contribution < -0.4 is 0 Å². The van der Waals surface area contributed by atoms with Crippen LogP contribution in [0.5, 0.6) is 0 Å². The van der Waals surface area contributed by atoms with Crippen LogP contribution in [0.1, 0.15) is 43.0 Å². The molecule has 160 valence electrons. The number of Topliss-reactive ketones (excluding diaryl/α,β-unsaturated/α-hetero) is 1. The van der Waals surface area contributed by atoms with Gasteiger partial charge >= 0.3 is 0 Å². The number of imidazole rings is 1. The molecule has 1 saturated heterocycles. The largest absolute Gasteiger partial charge is 0.393 e. The minimum absolute atomic E-state index is 0.0980. The van der Waals surface area contributed by atoms with Crippen molar-refractivity contribution in [3.63, 3.8) is 0 Å². The SMILES string of the molecule is CC(=O)C1=C(c2cn3cnc(C(O)c4cccnc4)c3s2)[C@H](C)[C@@H]2[C@@H]([C@@H](C)O)C(=O)N12. The summed E-state index contributed by atoms with van der Waals surface area (Å²) >= 11 is 1.43. The zero-order valence-corrected chi connectivity index (χ0v) is 18.1. The molecule has 0 bridgehead atoms. The summed E-state index contributed by atoms with van der Waals surface area (Å²) in [6.07, 6.45) is 5.07. The molecular formula is C22H22N4O4S. The number of hydrogen-bond acceptors (Lipinski definition) is 7. The van der Waals surface area contributed by atoms with Gasteiger partial charge in [0.1, 0.15) is 23.0 Å². The first-order chi connectivity index (χ1) is 14.8. The maximum Gasteiger partial charge on any atom is 0.235 e. The molecule has 5 heterocycles. The zero-order chi connectivity index (χ0) is 22.0. The minimum atomic E-state index is -0.923. The van der Waals surface area contributed by atoms with E-state index in [4.69, 9.17) is 0 Å². The summed E-state index contributed by atoms with van der Waals surface area (Å²) in [5.41, 5.74) is 2.38. The number of ketones is 1. The van der Waals surface area contributed by atoms with Crippen molar-refractivity contribution in [3.05, 3.63) is 58.9 Å². The Hall–Kier alpha value is -2.88. The van der Waals surface area contributed by atoms with Crippen molar-refractivity contribution in [2.24, 2.45) is 11.8 Å². The van der Waals surface area contributed by atoms with Gasteiger partial charge in [-0.3, -0.25) is 19.0 Å². The Kier molecular flexibility index (Phi) is 4.58. The molecule has 2 aliphatic rings. The van der Waals surface area contributed by atoms with Crippen LogP contribution >= 0.6 is 11.3 Å². The molecule has 0 spiro atoms. The molecule has 1 fully saturated rings. The first kappa shape index (κ1) is 20.0. The second-order valence-electron chi connectivity index (χ2n) is 8.20.